The van der Waals surface area contributed by atoms with Crippen LogP contribution in [0.1, 0.15) is 27.7 Å². The molecular formula is C30H23N3O4. The second-order valence-corrected chi connectivity index (χ2v) is 8.50. The molecule has 0 aliphatic heterocycles. The molecule has 37 heavy (non-hydrogen) atoms. The lowest BCUT2D eigenvalue weighted by Crippen LogP contribution is -2.29. The Bertz CT molecular complexity index is 1630. The van der Waals surface area contributed by atoms with E-state index in [0.29, 0.717) is 27.7 Å². The molecule has 0 fully saturated rings. The maximum Gasteiger partial charge on any atom is 0.360 e. The fourth-order valence-corrected chi connectivity index (χ4v) is 3.99. The summed E-state index contributed by atoms with van der Waals surface area (Å²) in [5.41, 5.74) is 2.20. The number of aryl methyl sites for hydroxylation is 1. The van der Waals surface area contributed by atoms with Crippen molar-refractivity contribution in [3.63, 3.8) is 0 Å². The van der Waals surface area contributed by atoms with E-state index in [9.17, 15) is 14.4 Å². The minimum Gasteiger partial charge on any atom is -0.442 e. The van der Waals surface area contributed by atoms with Gasteiger partial charge in [0.2, 0.25) is 6.10 Å². The van der Waals surface area contributed by atoms with Crippen LogP contribution in [0, 0.1) is 6.92 Å². The van der Waals surface area contributed by atoms with Gasteiger partial charge in [-0.25, -0.2) is 4.79 Å². The van der Waals surface area contributed by atoms with Crippen LogP contribution in [0.4, 0.5) is 5.69 Å². The number of fused-ring (bicyclic) bond motifs is 1. The van der Waals surface area contributed by atoms with E-state index in [1.54, 1.807) is 84.9 Å². The summed E-state index contributed by atoms with van der Waals surface area (Å²) in [5, 5.41) is 7.84. The van der Waals surface area contributed by atoms with Crippen molar-refractivity contribution >= 4 is 28.3 Å². The smallest absolute Gasteiger partial charge is 0.360 e. The van der Waals surface area contributed by atoms with Gasteiger partial charge < -0.3 is 10.1 Å². The third kappa shape index (κ3) is 5.01. The summed E-state index contributed by atoms with van der Waals surface area (Å²) in [6.07, 6.45) is -1.24. The predicted octanol–water partition coefficient (Wildman–Crippen LogP) is 5.23. The van der Waals surface area contributed by atoms with Gasteiger partial charge in [0.15, 0.2) is 5.69 Å². The van der Waals surface area contributed by atoms with Crippen molar-refractivity contribution in [2.45, 2.75) is 13.0 Å². The lowest BCUT2D eigenvalue weighted by atomic mass is 10.1. The summed E-state index contributed by atoms with van der Waals surface area (Å²) in [7, 11) is 0. The van der Waals surface area contributed by atoms with Gasteiger partial charge in [-0.15, -0.1) is 0 Å². The molecule has 4 aromatic carbocycles. The van der Waals surface area contributed by atoms with E-state index in [1.807, 2.05) is 31.2 Å². The van der Waals surface area contributed by atoms with E-state index in [4.69, 9.17) is 4.74 Å². The quantitative estimate of drug-likeness (QED) is 0.330. The van der Waals surface area contributed by atoms with Crippen molar-refractivity contribution < 1.29 is 14.3 Å². The first-order chi connectivity index (χ1) is 18.0. The van der Waals surface area contributed by atoms with Crippen molar-refractivity contribution in [1.29, 1.82) is 0 Å². The average molecular weight is 490 g/mol. The monoisotopic (exact) mass is 489 g/mol. The van der Waals surface area contributed by atoms with Crippen LogP contribution in [0.2, 0.25) is 0 Å². The van der Waals surface area contributed by atoms with Crippen molar-refractivity contribution in [2.24, 2.45) is 0 Å². The lowest BCUT2D eigenvalue weighted by molar-refractivity contribution is -0.125. The number of amides is 1. The lowest BCUT2D eigenvalue weighted by Gasteiger charge is -2.19. The third-order valence-electron chi connectivity index (χ3n) is 5.88. The molecule has 1 unspecified atom stereocenters. The van der Waals surface area contributed by atoms with Gasteiger partial charge in [-0.3, -0.25) is 9.59 Å². The Morgan fingerprint density at radius 1 is 0.784 bits per heavy atom. The van der Waals surface area contributed by atoms with Crippen LogP contribution in [-0.2, 0) is 9.53 Å². The summed E-state index contributed by atoms with van der Waals surface area (Å²) >= 11 is 0. The van der Waals surface area contributed by atoms with Crippen LogP contribution in [0.3, 0.4) is 0 Å². The zero-order valence-electron chi connectivity index (χ0n) is 20.0. The molecule has 0 saturated heterocycles. The van der Waals surface area contributed by atoms with Crippen LogP contribution in [-0.4, -0.2) is 21.7 Å². The summed E-state index contributed by atoms with van der Waals surface area (Å²) < 4.78 is 6.96. The first kappa shape index (κ1) is 23.7. The fraction of sp³-hybridized carbons (Fsp3) is 0.0667. The van der Waals surface area contributed by atoms with Gasteiger partial charge in [-0.2, -0.15) is 9.78 Å². The molecule has 1 heterocycles. The Balaban J connectivity index is 1.55. The predicted molar refractivity (Wildman–Crippen MR) is 142 cm³/mol. The van der Waals surface area contributed by atoms with Gasteiger partial charge >= 0.3 is 5.97 Å². The minimum atomic E-state index is -1.24. The first-order valence-corrected chi connectivity index (χ1v) is 11.7. The third-order valence-corrected chi connectivity index (χ3v) is 5.88. The largest absolute Gasteiger partial charge is 0.442 e. The Hall–Kier alpha value is -5.04. The summed E-state index contributed by atoms with van der Waals surface area (Å²) in [5.74, 6) is -1.34. The number of nitrogens with zero attached hydrogens (tertiary/aromatic N) is 2. The molecule has 0 spiro atoms. The molecule has 182 valence electrons. The molecule has 7 nitrogen and oxygen atoms in total. The number of esters is 1. The molecule has 0 aliphatic carbocycles. The highest BCUT2D eigenvalue weighted by Crippen LogP contribution is 2.24. The van der Waals surface area contributed by atoms with Crippen molar-refractivity contribution in [3.05, 3.63) is 136 Å². The highest BCUT2D eigenvalue weighted by atomic mass is 16.5. The van der Waals surface area contributed by atoms with Crippen molar-refractivity contribution in [2.75, 3.05) is 5.32 Å². The molecule has 1 aromatic heterocycles. The number of aromatic nitrogens is 2. The summed E-state index contributed by atoms with van der Waals surface area (Å²) in [4.78, 5) is 40.0. The van der Waals surface area contributed by atoms with Crippen LogP contribution in [0.25, 0.3) is 16.5 Å². The molecule has 5 rings (SSSR count). The second kappa shape index (κ2) is 10.3. The average Bonchev–Trinajstić information content (AvgIpc) is 2.94. The second-order valence-electron chi connectivity index (χ2n) is 8.50. The highest BCUT2D eigenvalue weighted by molar-refractivity contribution is 6.04. The van der Waals surface area contributed by atoms with Gasteiger partial charge in [-0.05, 0) is 37.3 Å². The molecule has 7 heteroatoms. The zero-order valence-corrected chi connectivity index (χ0v) is 20.0. The van der Waals surface area contributed by atoms with Crippen molar-refractivity contribution in [3.8, 4) is 5.69 Å². The van der Waals surface area contributed by atoms with Gasteiger partial charge in [0.05, 0.1) is 11.1 Å². The van der Waals surface area contributed by atoms with Crippen LogP contribution >= 0.6 is 0 Å². The Morgan fingerprint density at radius 3 is 2.05 bits per heavy atom. The first-order valence-electron chi connectivity index (χ1n) is 11.7. The molecule has 0 radical (unpaired) electrons. The van der Waals surface area contributed by atoms with E-state index in [1.165, 1.54) is 4.68 Å². The topological polar surface area (TPSA) is 90.3 Å². The van der Waals surface area contributed by atoms with Crippen molar-refractivity contribution in [1.82, 2.24) is 9.78 Å². The number of hydrogen-bond acceptors (Lipinski definition) is 5. The number of carbonyl (C=O) groups is 2. The maximum absolute atomic E-state index is 13.6. The minimum absolute atomic E-state index is 0.0666. The van der Waals surface area contributed by atoms with Crippen LogP contribution in [0.5, 0.6) is 0 Å². The fourth-order valence-electron chi connectivity index (χ4n) is 3.99. The molecular weight excluding hydrogens is 466 g/mol. The molecule has 1 N–H and O–H groups in total. The van der Waals surface area contributed by atoms with Crippen LogP contribution < -0.4 is 10.9 Å². The van der Waals surface area contributed by atoms with Gasteiger partial charge in [0.1, 0.15) is 0 Å². The van der Waals surface area contributed by atoms with E-state index in [2.05, 4.69) is 10.4 Å². The number of benzene rings is 4. The number of rotatable bonds is 6. The van der Waals surface area contributed by atoms with E-state index >= 15 is 0 Å². The Morgan fingerprint density at radius 2 is 1.38 bits per heavy atom. The number of anilines is 1. The van der Waals surface area contributed by atoms with Gasteiger partial charge in [0, 0.05) is 16.6 Å². The zero-order chi connectivity index (χ0) is 25.8. The molecule has 1 amide bonds. The standard InChI is InChI=1S/C30H23N3O4/c1-20-16-18-22(19-17-20)31-28(34)27(21-10-4-2-5-11-21)37-30(36)26-24-14-8-9-15-25(24)29(35)33(32-26)23-12-6-3-7-13-23/h2-19,27H,1H3,(H,31,34). The molecule has 0 bridgehead atoms. The number of nitrogens with one attached hydrogen (secondary N) is 1. The Kier molecular flexibility index (Phi) is 6.59. The number of para-hydroxylation sites is 1. The maximum atomic E-state index is 13.6. The number of hydrogen-bond donors (Lipinski definition) is 1. The van der Waals surface area contributed by atoms with Gasteiger partial charge in [-0.1, -0.05) is 84.4 Å². The molecule has 0 aliphatic rings. The van der Waals surface area contributed by atoms with E-state index in [-0.39, 0.29) is 11.3 Å². The van der Waals surface area contributed by atoms with E-state index in [0.717, 1.165) is 5.56 Å². The number of ether oxygens (including phenoxy) is 1. The Labute approximate surface area is 213 Å². The normalized spacial score (nSPS) is 11.6. The summed E-state index contributed by atoms with van der Waals surface area (Å²) in [6, 6.07) is 31.6. The van der Waals surface area contributed by atoms with Gasteiger partial charge in [0.25, 0.3) is 11.5 Å². The van der Waals surface area contributed by atoms with Crippen LogP contribution in [0.15, 0.2) is 114 Å². The van der Waals surface area contributed by atoms with E-state index < -0.39 is 18.0 Å². The summed E-state index contributed by atoms with van der Waals surface area (Å²) in [6.45, 7) is 1.95. The molecule has 5 aromatic rings. The molecule has 1 atom stereocenters. The highest BCUT2D eigenvalue weighted by Gasteiger charge is 2.28. The molecule has 0 saturated carbocycles. The SMILES string of the molecule is Cc1ccc(NC(=O)C(OC(=O)c2nn(-c3ccccc3)c(=O)c3ccccc23)c2ccccc2)cc1. The number of carbonyl (C=O) groups excluding carboxylic acids is 2.